The van der Waals surface area contributed by atoms with Crippen LogP contribution >= 0.6 is 35.3 Å². The summed E-state index contributed by atoms with van der Waals surface area (Å²) in [5, 5.41) is 3.50. The van der Waals surface area contributed by atoms with Gasteiger partial charge >= 0.3 is 5.97 Å². The zero-order chi connectivity index (χ0) is 21.1. The number of nitrogens with zero attached hydrogens (tertiary/aromatic N) is 1. The van der Waals surface area contributed by atoms with E-state index in [0.717, 1.165) is 34.5 Å². The normalized spacial score (nSPS) is 11.8. The molecule has 9 heteroatoms. The van der Waals surface area contributed by atoms with Crippen molar-refractivity contribution in [2.24, 2.45) is 0 Å². The minimum Gasteiger partial charge on any atom is -0.467 e. The maximum Gasteiger partial charge on any atom is 0.329 e. The van der Waals surface area contributed by atoms with Gasteiger partial charge in [0.05, 0.1) is 18.6 Å². The molecule has 0 aliphatic heterocycles. The second kappa shape index (κ2) is 12.9. The van der Waals surface area contributed by atoms with E-state index in [4.69, 9.17) is 4.74 Å². The van der Waals surface area contributed by atoms with Crippen molar-refractivity contribution in [3.63, 3.8) is 0 Å². The smallest absolute Gasteiger partial charge is 0.329 e. The standard InChI is InChI=1S/C20H27N3O3S3/c1-14-16(9-10-27-3)23-20(21-14)29-13-18(24)22-17(19(25)26-2)12-28-11-15-7-5-4-6-8-15/h4-8,17H,9-13H2,1-3H3,(H,21,23)(H,22,24). The largest absolute Gasteiger partial charge is 0.467 e. The van der Waals surface area contributed by atoms with Crippen LogP contribution in [0.4, 0.5) is 0 Å². The number of aryl methyl sites for hydroxylation is 2. The summed E-state index contributed by atoms with van der Waals surface area (Å²) in [5.41, 5.74) is 3.24. The highest BCUT2D eigenvalue weighted by Crippen LogP contribution is 2.18. The molecule has 0 spiro atoms. The third-order valence-corrected chi connectivity index (χ3v) is 6.66. The number of carbonyl (C=O) groups is 2. The van der Waals surface area contributed by atoms with Crippen LogP contribution in [0.1, 0.15) is 17.0 Å². The van der Waals surface area contributed by atoms with Crippen LogP contribution in [0.15, 0.2) is 35.5 Å². The first kappa shape index (κ1) is 23.7. The van der Waals surface area contributed by atoms with E-state index in [-0.39, 0.29) is 11.7 Å². The van der Waals surface area contributed by atoms with Crippen molar-refractivity contribution in [2.75, 3.05) is 30.6 Å². The van der Waals surface area contributed by atoms with Crippen molar-refractivity contribution in [1.82, 2.24) is 15.3 Å². The molecule has 0 fully saturated rings. The van der Waals surface area contributed by atoms with Gasteiger partial charge in [0.2, 0.25) is 5.91 Å². The van der Waals surface area contributed by atoms with Crippen LogP contribution in [0.2, 0.25) is 0 Å². The Labute approximate surface area is 184 Å². The van der Waals surface area contributed by atoms with Crippen LogP contribution in [0.5, 0.6) is 0 Å². The van der Waals surface area contributed by atoms with E-state index < -0.39 is 12.0 Å². The summed E-state index contributed by atoms with van der Waals surface area (Å²) in [4.78, 5) is 32.2. The number of benzene rings is 1. The Balaban J connectivity index is 1.82. The first-order valence-corrected chi connectivity index (χ1v) is 12.7. The number of hydrogen-bond donors (Lipinski definition) is 2. The number of methoxy groups -OCH3 is 1. The first-order chi connectivity index (χ1) is 14.0. The molecule has 29 heavy (non-hydrogen) atoms. The summed E-state index contributed by atoms with van der Waals surface area (Å²) in [7, 11) is 1.33. The van der Waals surface area contributed by atoms with Crippen molar-refractivity contribution in [2.45, 2.75) is 30.3 Å². The van der Waals surface area contributed by atoms with Gasteiger partial charge in [-0.05, 0) is 24.5 Å². The quantitative estimate of drug-likeness (QED) is 0.377. The van der Waals surface area contributed by atoms with Crippen LogP contribution in [0.25, 0.3) is 0 Å². The Morgan fingerprint density at radius 3 is 2.72 bits per heavy atom. The number of amides is 1. The molecule has 1 atom stereocenters. The van der Waals surface area contributed by atoms with E-state index in [1.165, 1.54) is 24.4 Å². The van der Waals surface area contributed by atoms with Gasteiger partial charge in [-0.15, -0.1) is 0 Å². The number of aromatic amines is 1. The monoisotopic (exact) mass is 453 g/mol. The lowest BCUT2D eigenvalue weighted by molar-refractivity contribution is -0.144. The Bertz CT molecular complexity index is 784. The van der Waals surface area contributed by atoms with E-state index in [1.54, 1.807) is 23.5 Å². The molecule has 0 radical (unpaired) electrons. The molecule has 0 saturated carbocycles. The molecule has 158 valence electrons. The molecule has 1 aromatic heterocycles. The lowest BCUT2D eigenvalue weighted by Crippen LogP contribution is -2.44. The zero-order valence-electron chi connectivity index (χ0n) is 16.9. The van der Waals surface area contributed by atoms with Gasteiger partial charge in [-0.2, -0.15) is 23.5 Å². The molecule has 0 aliphatic carbocycles. The van der Waals surface area contributed by atoms with Crippen molar-refractivity contribution in [3.05, 3.63) is 47.3 Å². The average Bonchev–Trinajstić information content (AvgIpc) is 3.09. The number of thioether (sulfide) groups is 3. The second-order valence-electron chi connectivity index (χ2n) is 6.29. The number of hydrogen-bond acceptors (Lipinski definition) is 7. The molecule has 2 aromatic rings. The van der Waals surface area contributed by atoms with Crippen LogP contribution in [-0.2, 0) is 26.5 Å². The summed E-state index contributed by atoms with van der Waals surface area (Å²) in [6.07, 6.45) is 2.97. The predicted molar refractivity (Wildman–Crippen MR) is 123 cm³/mol. The number of ether oxygens (including phenoxy) is 1. The maximum atomic E-state index is 12.4. The molecule has 0 bridgehead atoms. The molecule has 0 aliphatic rings. The number of H-pyrrole nitrogens is 1. The van der Waals surface area contributed by atoms with Gasteiger partial charge < -0.3 is 15.0 Å². The molecular formula is C20H27N3O3S3. The Kier molecular flexibility index (Phi) is 10.5. The van der Waals surface area contributed by atoms with E-state index in [9.17, 15) is 9.59 Å². The third kappa shape index (κ3) is 8.36. The minimum absolute atomic E-state index is 0.186. The van der Waals surface area contributed by atoms with Gasteiger partial charge in [-0.25, -0.2) is 9.78 Å². The van der Waals surface area contributed by atoms with Crippen LogP contribution in [-0.4, -0.2) is 58.5 Å². The molecular weight excluding hydrogens is 426 g/mol. The summed E-state index contributed by atoms with van der Waals surface area (Å²) >= 11 is 4.70. The predicted octanol–water partition coefficient (Wildman–Crippen LogP) is 3.31. The van der Waals surface area contributed by atoms with Crippen molar-refractivity contribution >= 4 is 47.2 Å². The number of nitrogens with one attached hydrogen (secondary N) is 2. The van der Waals surface area contributed by atoms with Gasteiger partial charge in [-0.1, -0.05) is 42.1 Å². The molecule has 1 unspecified atom stereocenters. The lowest BCUT2D eigenvalue weighted by atomic mass is 10.2. The number of rotatable bonds is 12. The minimum atomic E-state index is -0.669. The zero-order valence-corrected chi connectivity index (χ0v) is 19.3. The van der Waals surface area contributed by atoms with E-state index in [1.807, 2.05) is 37.3 Å². The molecule has 1 aromatic carbocycles. The van der Waals surface area contributed by atoms with E-state index in [0.29, 0.717) is 5.75 Å². The maximum absolute atomic E-state index is 12.4. The highest BCUT2D eigenvalue weighted by atomic mass is 32.2. The van der Waals surface area contributed by atoms with Crippen molar-refractivity contribution in [3.8, 4) is 0 Å². The first-order valence-electron chi connectivity index (χ1n) is 9.19. The Hall–Kier alpha value is -1.58. The fraction of sp³-hybridized carbons (Fsp3) is 0.450. The van der Waals surface area contributed by atoms with Gasteiger partial charge in [0.25, 0.3) is 0 Å². The summed E-state index contributed by atoms with van der Waals surface area (Å²) in [6.45, 7) is 1.99. The van der Waals surface area contributed by atoms with Crippen LogP contribution < -0.4 is 5.32 Å². The van der Waals surface area contributed by atoms with E-state index in [2.05, 4.69) is 21.5 Å². The average molecular weight is 454 g/mol. The highest BCUT2D eigenvalue weighted by molar-refractivity contribution is 7.99. The van der Waals surface area contributed by atoms with E-state index >= 15 is 0 Å². The molecule has 0 saturated heterocycles. The summed E-state index contributed by atoms with van der Waals surface area (Å²) < 4.78 is 4.84. The van der Waals surface area contributed by atoms with Gasteiger partial charge in [-0.3, -0.25) is 4.79 Å². The fourth-order valence-corrected chi connectivity index (χ4v) is 4.68. The molecule has 6 nitrogen and oxygen atoms in total. The van der Waals surface area contributed by atoms with Crippen molar-refractivity contribution < 1.29 is 14.3 Å². The SMILES string of the molecule is COC(=O)C(CSCc1ccccc1)NC(=O)CSc1nc(CCSC)c(C)[nH]1. The molecule has 2 rings (SSSR count). The molecule has 1 heterocycles. The third-order valence-electron chi connectivity index (χ3n) is 4.06. The molecule has 1 amide bonds. The van der Waals surface area contributed by atoms with Gasteiger partial charge in [0.15, 0.2) is 5.16 Å². The van der Waals surface area contributed by atoms with Crippen LogP contribution in [0.3, 0.4) is 0 Å². The summed E-state index contributed by atoms with van der Waals surface area (Å²) in [5.74, 6) is 1.77. The topological polar surface area (TPSA) is 84.1 Å². The Morgan fingerprint density at radius 2 is 2.03 bits per heavy atom. The highest BCUT2D eigenvalue weighted by Gasteiger charge is 2.22. The Morgan fingerprint density at radius 1 is 1.28 bits per heavy atom. The molecule has 2 N–H and O–H groups in total. The van der Waals surface area contributed by atoms with Crippen LogP contribution in [0, 0.1) is 6.92 Å². The lowest BCUT2D eigenvalue weighted by Gasteiger charge is -2.16. The van der Waals surface area contributed by atoms with Gasteiger partial charge in [0, 0.05) is 23.6 Å². The van der Waals surface area contributed by atoms with Crippen molar-refractivity contribution in [1.29, 1.82) is 0 Å². The fourth-order valence-electron chi connectivity index (χ4n) is 2.53. The number of carbonyl (C=O) groups excluding carboxylic acids is 2. The number of esters is 1. The second-order valence-corrected chi connectivity index (χ2v) is 9.27. The number of aromatic nitrogens is 2. The number of imidazole rings is 1. The summed E-state index contributed by atoms with van der Waals surface area (Å²) in [6, 6.07) is 9.33. The van der Waals surface area contributed by atoms with Gasteiger partial charge in [0.1, 0.15) is 6.04 Å².